The molecule has 1 N–H and O–H groups in total. The monoisotopic (exact) mass is 440 g/mol. The van der Waals surface area contributed by atoms with Crippen LogP contribution < -0.4 is 4.74 Å². The Balaban J connectivity index is -0.000000431. The van der Waals surface area contributed by atoms with Crippen molar-refractivity contribution < 1.29 is 14.2 Å². The van der Waals surface area contributed by atoms with E-state index in [1.807, 2.05) is 38.1 Å². The van der Waals surface area contributed by atoms with Crippen LogP contribution in [0.4, 0.5) is 4.39 Å². The fraction of sp³-hybridized carbons (Fsp3) is 0.714. The summed E-state index contributed by atoms with van der Waals surface area (Å²) in [7, 11) is 0. The lowest BCUT2D eigenvalue weighted by atomic mass is 9.93. The van der Waals surface area contributed by atoms with Crippen LogP contribution in [-0.4, -0.2) is 17.8 Å². The maximum absolute atomic E-state index is 12.3. The molecule has 3 heteroatoms. The van der Waals surface area contributed by atoms with Gasteiger partial charge < -0.3 is 9.84 Å². The standard InChI is InChI=1S/C14H21FO.C6H14O.C4H10.C4H8/c1-3-5-6-13(4-2)16-14-9-7-12(11-15)8-10-14;1-6(2,3)4-5-7;2*1-3-4-2/h7-10,13H,3-6,11H2,1-2H3;7H,4-5H2,1-3H3;3-4H2,1-2H3;3-4H,1-2H3/b;;;4-3-. The van der Waals surface area contributed by atoms with Gasteiger partial charge in [-0.15, -0.1) is 0 Å². The quantitative estimate of drug-likeness (QED) is 0.388. The van der Waals surface area contributed by atoms with Crippen molar-refractivity contribution >= 4 is 0 Å². The number of aliphatic hydroxyl groups is 1. The molecule has 0 aliphatic heterocycles. The Morgan fingerprint density at radius 2 is 1.45 bits per heavy atom. The second-order valence-electron chi connectivity index (χ2n) is 8.77. The van der Waals surface area contributed by atoms with Gasteiger partial charge >= 0.3 is 0 Å². The second-order valence-corrected chi connectivity index (χ2v) is 8.77. The molecular formula is C28H53FO2. The van der Waals surface area contributed by atoms with Crippen molar-refractivity contribution in [2.75, 3.05) is 6.61 Å². The summed E-state index contributed by atoms with van der Waals surface area (Å²) in [6.45, 7) is 18.9. The Morgan fingerprint density at radius 1 is 0.935 bits per heavy atom. The molecule has 1 unspecified atom stereocenters. The molecule has 31 heavy (non-hydrogen) atoms. The van der Waals surface area contributed by atoms with Crippen molar-refractivity contribution in [3.63, 3.8) is 0 Å². The van der Waals surface area contributed by atoms with E-state index in [-0.39, 0.29) is 6.10 Å². The van der Waals surface area contributed by atoms with Gasteiger partial charge in [0, 0.05) is 6.61 Å². The molecule has 184 valence electrons. The van der Waals surface area contributed by atoms with Gasteiger partial charge in [0.25, 0.3) is 0 Å². The van der Waals surface area contributed by atoms with E-state index in [0.29, 0.717) is 17.6 Å². The lowest BCUT2D eigenvalue weighted by Crippen LogP contribution is -2.14. The average Bonchev–Trinajstić information content (AvgIpc) is 2.77. The van der Waals surface area contributed by atoms with Crippen LogP contribution in [0.3, 0.4) is 0 Å². The largest absolute Gasteiger partial charge is 0.490 e. The first-order valence-electron chi connectivity index (χ1n) is 12.2. The number of halogens is 1. The van der Waals surface area contributed by atoms with Gasteiger partial charge in [0.05, 0.1) is 6.10 Å². The first kappa shape index (κ1) is 34.3. The normalized spacial score (nSPS) is 11.3. The molecule has 0 aliphatic rings. The minimum atomic E-state index is -0.409. The first-order valence-corrected chi connectivity index (χ1v) is 12.2. The molecule has 1 rings (SSSR count). The highest BCUT2D eigenvalue weighted by atomic mass is 19.1. The molecule has 0 aliphatic carbocycles. The number of benzene rings is 1. The number of aliphatic hydroxyl groups excluding tert-OH is 1. The van der Waals surface area contributed by atoms with E-state index in [0.717, 1.165) is 25.0 Å². The SMILES string of the molecule is C/C=C\C.CC(C)(C)CCO.CCCC.CCCCC(CC)Oc1ccc(CF)cc1. The molecule has 0 fully saturated rings. The molecule has 0 saturated carbocycles. The Bertz CT molecular complexity index is 469. The molecule has 0 aromatic heterocycles. The van der Waals surface area contributed by atoms with Crippen LogP contribution in [0.1, 0.15) is 113 Å². The van der Waals surface area contributed by atoms with Gasteiger partial charge in [-0.2, -0.15) is 0 Å². The first-order chi connectivity index (χ1) is 14.7. The number of unbranched alkanes of at least 4 members (excludes halogenated alkanes) is 2. The molecule has 1 aromatic rings. The van der Waals surface area contributed by atoms with Crippen molar-refractivity contribution in [1.29, 1.82) is 0 Å². The minimum Gasteiger partial charge on any atom is -0.490 e. The Kier molecular flexibility index (Phi) is 27.5. The molecule has 0 spiro atoms. The third kappa shape index (κ3) is 28.6. The lowest BCUT2D eigenvalue weighted by Gasteiger charge is -2.17. The van der Waals surface area contributed by atoms with E-state index in [9.17, 15) is 4.39 Å². The molecule has 1 atom stereocenters. The predicted molar refractivity (Wildman–Crippen MR) is 138 cm³/mol. The van der Waals surface area contributed by atoms with Gasteiger partial charge in [-0.25, -0.2) is 4.39 Å². The molecule has 2 nitrogen and oxygen atoms in total. The number of alkyl halides is 1. The van der Waals surface area contributed by atoms with E-state index in [4.69, 9.17) is 9.84 Å². The van der Waals surface area contributed by atoms with Crippen molar-refractivity contribution in [3.05, 3.63) is 42.0 Å². The van der Waals surface area contributed by atoms with E-state index in [1.54, 1.807) is 12.1 Å². The topological polar surface area (TPSA) is 29.5 Å². The highest BCUT2D eigenvalue weighted by Crippen LogP contribution is 2.18. The van der Waals surface area contributed by atoms with Gasteiger partial charge in [-0.1, -0.05) is 98.4 Å². The number of hydrogen-bond donors (Lipinski definition) is 1. The summed E-state index contributed by atoms with van der Waals surface area (Å²) >= 11 is 0. The molecule has 0 radical (unpaired) electrons. The summed E-state index contributed by atoms with van der Waals surface area (Å²) in [6.07, 6.45) is 12.3. The van der Waals surface area contributed by atoms with Crippen molar-refractivity contribution in [2.24, 2.45) is 5.41 Å². The summed E-state index contributed by atoms with van der Waals surface area (Å²) in [5, 5.41) is 8.40. The van der Waals surface area contributed by atoms with Crippen LogP contribution in [0.15, 0.2) is 36.4 Å². The lowest BCUT2D eigenvalue weighted by molar-refractivity contribution is 0.183. The maximum atomic E-state index is 12.3. The summed E-state index contributed by atoms with van der Waals surface area (Å²) in [4.78, 5) is 0. The maximum Gasteiger partial charge on any atom is 0.119 e. The zero-order valence-electron chi connectivity index (χ0n) is 22.1. The van der Waals surface area contributed by atoms with Crippen molar-refractivity contribution in [1.82, 2.24) is 0 Å². The molecular weight excluding hydrogens is 387 g/mol. The third-order valence-corrected chi connectivity index (χ3v) is 4.41. The molecule has 0 amide bonds. The molecule has 0 heterocycles. The summed E-state index contributed by atoms with van der Waals surface area (Å²) in [5.74, 6) is 0.847. The smallest absolute Gasteiger partial charge is 0.119 e. The van der Waals surface area contributed by atoms with E-state index in [1.165, 1.54) is 25.7 Å². The fourth-order valence-electron chi connectivity index (χ4n) is 1.96. The molecule has 0 bridgehead atoms. The van der Waals surface area contributed by atoms with Gasteiger partial charge in [-0.05, 0) is 56.2 Å². The van der Waals surface area contributed by atoms with Crippen molar-refractivity contribution in [3.8, 4) is 5.75 Å². The minimum absolute atomic E-state index is 0.288. The second kappa shape index (κ2) is 24.9. The Labute approximate surface area is 194 Å². The number of rotatable bonds is 9. The number of ether oxygens (including phenoxy) is 1. The summed E-state index contributed by atoms with van der Waals surface area (Å²) < 4.78 is 18.2. The highest BCUT2D eigenvalue weighted by Gasteiger charge is 2.07. The van der Waals surface area contributed by atoms with Crippen LogP contribution in [0.5, 0.6) is 5.75 Å². The van der Waals surface area contributed by atoms with Crippen LogP contribution in [0, 0.1) is 5.41 Å². The van der Waals surface area contributed by atoms with Crippen molar-refractivity contribution in [2.45, 2.75) is 120 Å². The van der Waals surface area contributed by atoms with Crippen LogP contribution >= 0.6 is 0 Å². The van der Waals surface area contributed by atoms with Gasteiger partial charge in [0.2, 0.25) is 0 Å². The summed E-state index contributed by atoms with van der Waals surface area (Å²) in [5.41, 5.74) is 1.00. The summed E-state index contributed by atoms with van der Waals surface area (Å²) in [6, 6.07) is 7.26. The van der Waals surface area contributed by atoms with Gasteiger partial charge in [0.1, 0.15) is 12.4 Å². The number of allylic oxidation sites excluding steroid dienone is 2. The van der Waals surface area contributed by atoms with Crippen LogP contribution in [0.25, 0.3) is 0 Å². The number of hydrogen-bond acceptors (Lipinski definition) is 2. The van der Waals surface area contributed by atoms with E-state index in [2.05, 4.69) is 48.5 Å². The highest BCUT2D eigenvalue weighted by molar-refractivity contribution is 5.27. The average molecular weight is 441 g/mol. The van der Waals surface area contributed by atoms with Gasteiger partial charge in [-0.3, -0.25) is 0 Å². The van der Waals surface area contributed by atoms with Crippen LogP contribution in [-0.2, 0) is 6.67 Å². The Morgan fingerprint density at radius 3 is 1.71 bits per heavy atom. The Hall–Kier alpha value is -1.35. The zero-order valence-corrected chi connectivity index (χ0v) is 22.1. The van der Waals surface area contributed by atoms with Gasteiger partial charge in [0.15, 0.2) is 0 Å². The zero-order chi connectivity index (χ0) is 24.5. The predicted octanol–water partition coefficient (Wildman–Crippen LogP) is 9.31. The van der Waals surface area contributed by atoms with E-state index < -0.39 is 6.67 Å². The fourth-order valence-corrected chi connectivity index (χ4v) is 1.96. The van der Waals surface area contributed by atoms with Crippen LogP contribution in [0.2, 0.25) is 0 Å². The molecule has 0 saturated heterocycles. The third-order valence-electron chi connectivity index (χ3n) is 4.41. The molecule has 1 aromatic carbocycles. The van der Waals surface area contributed by atoms with E-state index >= 15 is 0 Å².